The summed E-state index contributed by atoms with van der Waals surface area (Å²) in [6.07, 6.45) is 0. The molecule has 1 aromatic heterocycles. The van der Waals surface area contributed by atoms with Gasteiger partial charge in [0.2, 0.25) is 5.13 Å². The minimum absolute atomic E-state index is 0.0626. The van der Waals surface area contributed by atoms with Crippen LogP contribution in [0.4, 0.5) is 16.5 Å². The van der Waals surface area contributed by atoms with Crippen molar-refractivity contribution in [3.05, 3.63) is 52.0 Å². The Morgan fingerprint density at radius 1 is 1.12 bits per heavy atom. The number of nitrogens with two attached hydrogens (primary N) is 2. The molecule has 0 aliphatic heterocycles. The molecule has 0 amide bonds. The molecular formula is C16H14Cl2N6S. The Morgan fingerprint density at radius 3 is 2.64 bits per heavy atom. The van der Waals surface area contributed by atoms with Gasteiger partial charge in [0.1, 0.15) is 0 Å². The van der Waals surface area contributed by atoms with Crippen LogP contribution in [0.3, 0.4) is 0 Å². The summed E-state index contributed by atoms with van der Waals surface area (Å²) in [6, 6.07) is 11.3. The van der Waals surface area contributed by atoms with Crippen molar-refractivity contribution in [2.75, 3.05) is 5.32 Å². The van der Waals surface area contributed by atoms with E-state index in [0.717, 1.165) is 16.8 Å². The maximum Gasteiger partial charge on any atom is 0.235 e. The molecule has 3 aromatic rings. The first-order chi connectivity index (χ1) is 12.0. The number of halogens is 2. The van der Waals surface area contributed by atoms with Crippen molar-refractivity contribution >= 4 is 57.0 Å². The van der Waals surface area contributed by atoms with E-state index in [4.69, 9.17) is 34.7 Å². The molecule has 128 valence electrons. The summed E-state index contributed by atoms with van der Waals surface area (Å²) in [5, 5.41) is 13.6. The van der Waals surface area contributed by atoms with E-state index in [1.165, 1.54) is 11.3 Å². The predicted molar refractivity (Wildman–Crippen MR) is 105 cm³/mol. The predicted octanol–water partition coefficient (Wildman–Crippen LogP) is 4.47. The van der Waals surface area contributed by atoms with Crippen LogP contribution in [0.5, 0.6) is 0 Å². The Kier molecular flexibility index (Phi) is 5.08. The van der Waals surface area contributed by atoms with Gasteiger partial charge in [-0.3, -0.25) is 0 Å². The van der Waals surface area contributed by atoms with E-state index < -0.39 is 0 Å². The third-order valence-corrected chi connectivity index (χ3v) is 4.99. The minimum atomic E-state index is -0.0626. The second-order valence-electron chi connectivity index (χ2n) is 5.15. The molecule has 0 spiro atoms. The molecule has 3 rings (SSSR count). The first-order valence-electron chi connectivity index (χ1n) is 7.20. The molecule has 0 saturated carbocycles. The van der Waals surface area contributed by atoms with E-state index in [1.807, 2.05) is 37.3 Å². The fraction of sp³-hybridized carbons (Fsp3) is 0.0625. The van der Waals surface area contributed by atoms with E-state index in [0.29, 0.717) is 25.9 Å². The number of nitrogens with one attached hydrogen (secondary N) is 1. The number of nitrogens with zero attached hydrogens (tertiary/aromatic N) is 3. The van der Waals surface area contributed by atoms with E-state index in [1.54, 1.807) is 6.07 Å². The van der Waals surface area contributed by atoms with Crippen molar-refractivity contribution in [1.82, 2.24) is 10.2 Å². The van der Waals surface area contributed by atoms with Gasteiger partial charge in [-0.25, -0.2) is 0 Å². The van der Waals surface area contributed by atoms with Crippen LogP contribution in [0, 0.1) is 6.92 Å². The standard InChI is InChI=1S/C16H14Cl2N6S/c1-8-6-7-10(17)13(12(8)18)21-11-5-3-2-4-9(11)14-23-24-16(25-14)22-15(19)20/h2-7,21H,1H3,(H4,19,20,22,24). The average Bonchev–Trinajstić information content (AvgIpc) is 3.03. The highest BCUT2D eigenvalue weighted by molar-refractivity contribution is 7.18. The molecule has 1 heterocycles. The molecule has 25 heavy (non-hydrogen) atoms. The second-order valence-corrected chi connectivity index (χ2v) is 6.89. The maximum absolute atomic E-state index is 6.39. The van der Waals surface area contributed by atoms with Gasteiger partial charge in [0.05, 0.1) is 15.7 Å². The third kappa shape index (κ3) is 3.84. The van der Waals surface area contributed by atoms with Crippen LogP contribution in [0.1, 0.15) is 5.56 Å². The van der Waals surface area contributed by atoms with Crippen LogP contribution in [-0.4, -0.2) is 16.2 Å². The van der Waals surface area contributed by atoms with Crippen LogP contribution in [-0.2, 0) is 0 Å². The molecule has 5 N–H and O–H groups in total. The largest absolute Gasteiger partial charge is 0.370 e. The highest BCUT2D eigenvalue weighted by Gasteiger charge is 2.14. The Hall–Kier alpha value is -2.35. The molecule has 0 aliphatic carbocycles. The van der Waals surface area contributed by atoms with Crippen LogP contribution in [0.25, 0.3) is 10.6 Å². The first-order valence-corrected chi connectivity index (χ1v) is 8.77. The molecule has 0 fully saturated rings. The van der Waals surface area contributed by atoms with Gasteiger partial charge >= 0.3 is 0 Å². The molecule has 0 atom stereocenters. The monoisotopic (exact) mass is 392 g/mol. The van der Waals surface area contributed by atoms with Gasteiger partial charge in [-0.1, -0.05) is 52.7 Å². The van der Waals surface area contributed by atoms with Gasteiger partial charge in [-0.05, 0) is 30.7 Å². The summed E-state index contributed by atoms with van der Waals surface area (Å²) < 4.78 is 0. The normalized spacial score (nSPS) is 10.5. The van der Waals surface area contributed by atoms with E-state index in [2.05, 4.69) is 20.5 Å². The quantitative estimate of drug-likeness (QED) is 0.448. The molecule has 2 aromatic carbocycles. The van der Waals surface area contributed by atoms with Gasteiger partial charge in [0, 0.05) is 11.3 Å². The molecule has 0 unspecified atom stereocenters. The highest BCUT2D eigenvalue weighted by Crippen LogP contribution is 2.39. The van der Waals surface area contributed by atoms with Crippen molar-refractivity contribution in [1.29, 1.82) is 0 Å². The zero-order valence-electron chi connectivity index (χ0n) is 13.1. The van der Waals surface area contributed by atoms with E-state index in [9.17, 15) is 0 Å². The van der Waals surface area contributed by atoms with Gasteiger partial charge in [-0.2, -0.15) is 4.99 Å². The van der Waals surface area contributed by atoms with Crippen molar-refractivity contribution in [3.8, 4) is 10.6 Å². The second kappa shape index (κ2) is 7.26. The lowest BCUT2D eigenvalue weighted by molar-refractivity contribution is 1.08. The van der Waals surface area contributed by atoms with E-state index >= 15 is 0 Å². The molecule has 6 nitrogen and oxygen atoms in total. The third-order valence-electron chi connectivity index (χ3n) is 3.34. The maximum atomic E-state index is 6.39. The molecular weight excluding hydrogens is 379 g/mol. The number of aliphatic imine (C=N–C) groups is 1. The summed E-state index contributed by atoms with van der Waals surface area (Å²) in [7, 11) is 0. The van der Waals surface area contributed by atoms with Gasteiger partial charge in [-0.15, -0.1) is 10.2 Å². The number of guanidine groups is 1. The fourth-order valence-corrected chi connectivity index (χ4v) is 3.40. The Morgan fingerprint density at radius 2 is 1.88 bits per heavy atom. The average molecular weight is 393 g/mol. The molecule has 0 bridgehead atoms. The summed E-state index contributed by atoms with van der Waals surface area (Å²) in [5.74, 6) is -0.0626. The topological polar surface area (TPSA) is 102 Å². The van der Waals surface area contributed by atoms with Gasteiger partial charge in [0.25, 0.3) is 0 Å². The SMILES string of the molecule is Cc1ccc(Cl)c(Nc2ccccc2-c2nnc(N=C(N)N)s2)c1Cl. The molecule has 0 radical (unpaired) electrons. The number of aromatic nitrogens is 2. The summed E-state index contributed by atoms with van der Waals surface area (Å²) in [6.45, 7) is 1.92. The van der Waals surface area contributed by atoms with Crippen LogP contribution < -0.4 is 16.8 Å². The van der Waals surface area contributed by atoms with Crippen molar-refractivity contribution in [3.63, 3.8) is 0 Å². The van der Waals surface area contributed by atoms with Gasteiger partial charge < -0.3 is 16.8 Å². The summed E-state index contributed by atoms with van der Waals surface area (Å²) in [4.78, 5) is 3.91. The number of hydrogen-bond donors (Lipinski definition) is 3. The lowest BCUT2D eigenvalue weighted by atomic mass is 10.1. The Balaban J connectivity index is 2.02. The Bertz CT molecular complexity index is 950. The van der Waals surface area contributed by atoms with Crippen LogP contribution in [0.15, 0.2) is 41.4 Å². The summed E-state index contributed by atoms with van der Waals surface area (Å²) in [5.41, 5.74) is 14.0. The number of hydrogen-bond acceptors (Lipinski definition) is 5. The van der Waals surface area contributed by atoms with E-state index in [-0.39, 0.29) is 5.96 Å². The fourth-order valence-electron chi connectivity index (χ4n) is 2.16. The number of benzene rings is 2. The lowest BCUT2D eigenvalue weighted by Crippen LogP contribution is -2.21. The van der Waals surface area contributed by atoms with Crippen molar-refractivity contribution in [2.45, 2.75) is 6.92 Å². The van der Waals surface area contributed by atoms with Crippen LogP contribution in [0.2, 0.25) is 10.0 Å². The summed E-state index contributed by atoms with van der Waals surface area (Å²) >= 11 is 14.0. The Labute approximate surface area is 158 Å². The molecule has 0 saturated heterocycles. The zero-order valence-corrected chi connectivity index (χ0v) is 15.5. The van der Waals surface area contributed by atoms with Gasteiger partial charge in [0.15, 0.2) is 11.0 Å². The number of para-hydroxylation sites is 1. The number of aryl methyl sites for hydroxylation is 1. The smallest absolute Gasteiger partial charge is 0.235 e. The first kappa shape index (κ1) is 17.5. The highest BCUT2D eigenvalue weighted by atomic mass is 35.5. The van der Waals surface area contributed by atoms with Crippen molar-refractivity contribution in [2.24, 2.45) is 16.5 Å². The number of rotatable bonds is 4. The lowest BCUT2D eigenvalue weighted by Gasteiger charge is -2.14. The molecule has 9 heteroatoms. The zero-order chi connectivity index (χ0) is 18.0. The molecule has 0 aliphatic rings. The minimum Gasteiger partial charge on any atom is -0.370 e. The van der Waals surface area contributed by atoms with Crippen LogP contribution >= 0.6 is 34.5 Å². The number of anilines is 2. The van der Waals surface area contributed by atoms with Crippen molar-refractivity contribution < 1.29 is 0 Å².